The summed E-state index contributed by atoms with van der Waals surface area (Å²) in [6.45, 7) is 10.4. The summed E-state index contributed by atoms with van der Waals surface area (Å²) in [5.41, 5.74) is 8.71. The number of anilines is 2. The standard InChI is InChI=1S/C37H50N8O10/c1-26-19-28(20-31-29(26)4-3-27(2)38-31)39-35(50)21-44(23-37(52)53)13-11-42-9-10-43(16-18-54-17-15-42)12-14-45(24-55-25-46)22-36(51)41-40-34(49)8-5-30-32(47)6-7-33(30)48/h3-4,6-7,19-20,25,30,38H,2,5,8-18,21-24H2,1H3,(H,39,50)(H,40,49)(H,41,51)(H,52,53). The molecule has 1 aromatic rings. The Morgan fingerprint density at radius 3 is 2.20 bits per heavy atom. The highest BCUT2D eigenvalue weighted by Crippen LogP contribution is 2.30. The summed E-state index contributed by atoms with van der Waals surface area (Å²) < 4.78 is 10.7. The van der Waals surface area contributed by atoms with Crippen LogP contribution in [0, 0.1) is 12.8 Å². The number of nitrogens with zero attached hydrogens (tertiary/aromatic N) is 4. The van der Waals surface area contributed by atoms with Crippen LogP contribution in [0.1, 0.15) is 24.0 Å². The molecule has 1 fully saturated rings. The lowest BCUT2D eigenvalue weighted by molar-refractivity contribution is -0.139. The average molecular weight is 767 g/mol. The first-order valence-electron chi connectivity index (χ1n) is 18.1. The van der Waals surface area contributed by atoms with Gasteiger partial charge in [-0.15, -0.1) is 0 Å². The van der Waals surface area contributed by atoms with Gasteiger partial charge in [-0.05, 0) is 49.3 Å². The maximum absolute atomic E-state index is 13.1. The molecular weight excluding hydrogens is 716 g/mol. The summed E-state index contributed by atoms with van der Waals surface area (Å²) >= 11 is 0. The van der Waals surface area contributed by atoms with E-state index in [0.29, 0.717) is 71.3 Å². The minimum absolute atomic E-state index is 0.0321. The van der Waals surface area contributed by atoms with Crippen LogP contribution in [0.4, 0.5) is 11.4 Å². The van der Waals surface area contributed by atoms with Crippen molar-refractivity contribution in [3.8, 4) is 0 Å². The highest BCUT2D eigenvalue weighted by atomic mass is 16.5. The third kappa shape index (κ3) is 14.5. The fourth-order valence-corrected chi connectivity index (χ4v) is 6.28. The fraction of sp³-hybridized carbons (Fsp3) is 0.486. The minimum Gasteiger partial charge on any atom is -0.480 e. The van der Waals surface area contributed by atoms with Crippen molar-refractivity contribution in [3.05, 3.63) is 53.8 Å². The number of hydrazine groups is 1. The topological polar surface area (TPSA) is 219 Å². The van der Waals surface area contributed by atoms with E-state index in [1.807, 2.05) is 31.2 Å². The monoisotopic (exact) mass is 766 g/mol. The first kappa shape index (κ1) is 42.5. The molecule has 0 radical (unpaired) electrons. The molecule has 0 atom stereocenters. The Hall–Kier alpha value is -5.27. The second-order valence-corrected chi connectivity index (χ2v) is 13.5. The lowest BCUT2D eigenvalue weighted by Gasteiger charge is -2.29. The molecular formula is C37H50N8O10. The van der Waals surface area contributed by atoms with Crippen molar-refractivity contribution in [1.82, 2.24) is 30.5 Å². The summed E-state index contributed by atoms with van der Waals surface area (Å²) in [5, 5.41) is 15.7. The Kier molecular flexibility index (Phi) is 16.7. The van der Waals surface area contributed by atoms with Crippen LogP contribution < -0.4 is 21.5 Å². The van der Waals surface area contributed by atoms with E-state index in [0.717, 1.165) is 22.5 Å². The number of ether oxygens (including phenoxy) is 2. The molecule has 4 rings (SSSR count). The Bertz CT molecular complexity index is 1650. The predicted molar refractivity (Wildman–Crippen MR) is 201 cm³/mol. The average Bonchev–Trinajstić information content (AvgIpc) is 3.51. The van der Waals surface area contributed by atoms with Gasteiger partial charge in [-0.3, -0.25) is 64.0 Å². The Balaban J connectivity index is 1.23. The molecule has 1 saturated heterocycles. The molecule has 18 heteroatoms. The first-order chi connectivity index (χ1) is 26.4. The number of rotatable bonds is 19. The lowest BCUT2D eigenvalue weighted by Crippen LogP contribution is -2.48. The van der Waals surface area contributed by atoms with E-state index in [1.165, 1.54) is 12.2 Å². The Morgan fingerprint density at radius 1 is 0.909 bits per heavy atom. The van der Waals surface area contributed by atoms with E-state index in [1.54, 1.807) is 9.80 Å². The van der Waals surface area contributed by atoms with Crippen LogP contribution in [0.3, 0.4) is 0 Å². The molecule has 3 amide bonds. The largest absolute Gasteiger partial charge is 0.480 e. The second-order valence-electron chi connectivity index (χ2n) is 13.5. The smallest absolute Gasteiger partial charge is 0.317 e. The molecule has 3 aliphatic rings. The quantitative estimate of drug-likeness (QED) is 0.0523. The SMILES string of the molecule is C=C1C=Cc2c(C)cc(NC(=O)CN(CCN3CCOCCN(CCN(COC=O)CC(=O)NNC(=O)CCC4C(=O)C=CC4=O)CC3)CC(=O)O)cc2N1. The number of carbonyl (C=O) groups excluding carboxylic acids is 6. The van der Waals surface area contributed by atoms with Crippen molar-refractivity contribution in [2.75, 3.05) is 103 Å². The molecule has 5 N–H and O–H groups in total. The van der Waals surface area contributed by atoms with Gasteiger partial charge in [0.2, 0.25) is 11.8 Å². The highest BCUT2D eigenvalue weighted by Gasteiger charge is 2.28. The van der Waals surface area contributed by atoms with Crippen LogP contribution >= 0.6 is 0 Å². The van der Waals surface area contributed by atoms with Gasteiger partial charge >= 0.3 is 5.97 Å². The number of allylic oxidation sites excluding steroid dienone is 3. The van der Waals surface area contributed by atoms with Crippen molar-refractivity contribution in [3.63, 3.8) is 0 Å². The minimum atomic E-state index is -1.04. The first-order valence-corrected chi connectivity index (χ1v) is 18.1. The molecule has 1 aliphatic carbocycles. The van der Waals surface area contributed by atoms with Crippen LogP contribution in [0.25, 0.3) is 6.08 Å². The second kappa shape index (κ2) is 21.6. The third-order valence-electron chi connectivity index (χ3n) is 9.24. The van der Waals surface area contributed by atoms with Gasteiger partial charge in [0.1, 0.15) is 6.73 Å². The number of aryl methyl sites for hydroxylation is 1. The van der Waals surface area contributed by atoms with E-state index in [9.17, 15) is 38.7 Å². The van der Waals surface area contributed by atoms with Crippen molar-refractivity contribution in [2.45, 2.75) is 19.8 Å². The molecule has 298 valence electrons. The normalized spacial score (nSPS) is 16.6. The van der Waals surface area contributed by atoms with E-state index in [4.69, 9.17) is 9.47 Å². The van der Waals surface area contributed by atoms with Crippen LogP contribution in [0.5, 0.6) is 0 Å². The summed E-state index contributed by atoms with van der Waals surface area (Å²) in [7, 11) is 0. The molecule has 0 unspecified atom stereocenters. The van der Waals surface area contributed by atoms with Gasteiger partial charge in [-0.25, -0.2) is 0 Å². The number of carboxylic acids is 1. The number of carboxylic acid groups (broad SMARTS) is 1. The zero-order valence-electron chi connectivity index (χ0n) is 31.0. The number of carbonyl (C=O) groups is 7. The van der Waals surface area contributed by atoms with E-state index in [2.05, 4.69) is 37.9 Å². The number of amides is 3. The maximum Gasteiger partial charge on any atom is 0.317 e. The number of aliphatic carboxylic acids is 1. The molecule has 1 aromatic carbocycles. The van der Waals surface area contributed by atoms with Gasteiger partial charge in [0.25, 0.3) is 12.4 Å². The third-order valence-corrected chi connectivity index (χ3v) is 9.24. The van der Waals surface area contributed by atoms with Crippen molar-refractivity contribution < 1.29 is 48.1 Å². The molecule has 2 heterocycles. The van der Waals surface area contributed by atoms with Crippen LogP contribution in [0.2, 0.25) is 0 Å². The van der Waals surface area contributed by atoms with E-state index >= 15 is 0 Å². The zero-order chi connectivity index (χ0) is 39.7. The molecule has 0 bridgehead atoms. The summed E-state index contributed by atoms with van der Waals surface area (Å²) in [6, 6.07) is 3.69. The fourth-order valence-electron chi connectivity index (χ4n) is 6.28. The number of ketones is 2. The number of nitrogens with one attached hydrogen (secondary N) is 4. The lowest BCUT2D eigenvalue weighted by atomic mass is 9.99. The number of hydrogen-bond acceptors (Lipinski definition) is 14. The van der Waals surface area contributed by atoms with Gasteiger partial charge in [-0.2, -0.15) is 0 Å². The van der Waals surface area contributed by atoms with Crippen LogP contribution in [0.15, 0.2) is 42.6 Å². The maximum atomic E-state index is 13.1. The Morgan fingerprint density at radius 2 is 1.55 bits per heavy atom. The molecule has 55 heavy (non-hydrogen) atoms. The molecule has 18 nitrogen and oxygen atoms in total. The molecule has 0 spiro atoms. The van der Waals surface area contributed by atoms with E-state index in [-0.39, 0.29) is 63.2 Å². The van der Waals surface area contributed by atoms with E-state index < -0.39 is 23.7 Å². The van der Waals surface area contributed by atoms with Gasteiger partial charge < -0.3 is 25.2 Å². The van der Waals surface area contributed by atoms with Crippen molar-refractivity contribution in [1.29, 1.82) is 0 Å². The number of benzene rings is 1. The molecule has 0 saturated carbocycles. The van der Waals surface area contributed by atoms with Gasteiger partial charge in [-0.1, -0.05) is 12.7 Å². The number of hydrogen-bond donors (Lipinski definition) is 5. The van der Waals surface area contributed by atoms with Gasteiger partial charge in [0.05, 0.1) is 38.8 Å². The molecule has 2 aliphatic heterocycles. The summed E-state index contributed by atoms with van der Waals surface area (Å²) in [6.07, 6.45) is 6.12. The summed E-state index contributed by atoms with van der Waals surface area (Å²) in [5.74, 6) is -4.06. The van der Waals surface area contributed by atoms with Crippen LogP contribution in [-0.2, 0) is 43.0 Å². The predicted octanol–water partition coefficient (Wildman–Crippen LogP) is -0.409. The summed E-state index contributed by atoms with van der Waals surface area (Å²) in [4.78, 5) is 91.4. The van der Waals surface area contributed by atoms with Crippen molar-refractivity contribution >= 4 is 59.2 Å². The van der Waals surface area contributed by atoms with Crippen LogP contribution in [-0.4, -0.2) is 158 Å². The Labute approximate surface area is 319 Å². The number of fused-ring (bicyclic) bond motifs is 1. The zero-order valence-corrected chi connectivity index (χ0v) is 31.0. The van der Waals surface area contributed by atoms with Gasteiger partial charge in [0, 0.05) is 81.4 Å². The van der Waals surface area contributed by atoms with Gasteiger partial charge in [0.15, 0.2) is 11.6 Å². The highest BCUT2D eigenvalue weighted by molar-refractivity contribution is 6.18. The molecule has 0 aromatic heterocycles. The van der Waals surface area contributed by atoms with Crippen molar-refractivity contribution in [2.24, 2.45) is 5.92 Å².